The summed E-state index contributed by atoms with van der Waals surface area (Å²) in [5, 5.41) is 32.7. The smallest absolute Gasteiger partial charge is 0.246 e. The van der Waals surface area contributed by atoms with E-state index in [1.807, 2.05) is 55.4 Å². The van der Waals surface area contributed by atoms with Gasteiger partial charge in [-0.25, -0.2) is 0 Å². The number of carbonyl (C=O) groups excluding carboxylic acids is 11. The molecule has 0 unspecified atom stereocenters. The first-order chi connectivity index (χ1) is 41.2. The number of unbranched alkanes of at least 4 members (excludes halogenated alkanes) is 3. The third-order valence-corrected chi connectivity index (χ3v) is 17.2. The molecule has 1 aliphatic rings. The summed E-state index contributed by atoms with van der Waals surface area (Å²) in [6.45, 7) is 27.8. The van der Waals surface area contributed by atoms with Crippen molar-refractivity contribution in [2.75, 3.05) is 62.5 Å². The third-order valence-electron chi connectivity index (χ3n) is 17.2. The van der Waals surface area contributed by atoms with E-state index in [-0.39, 0.29) is 62.4 Å². The summed E-state index contributed by atoms with van der Waals surface area (Å²) in [4.78, 5) is 170. The highest BCUT2D eigenvalue weighted by atomic mass is 16.3. The van der Waals surface area contributed by atoms with Crippen molar-refractivity contribution in [2.45, 2.75) is 248 Å². The summed E-state index contributed by atoms with van der Waals surface area (Å²) in [7, 11) is 9.95. The molecule has 0 aromatic carbocycles. The number of aliphatic hydroxyl groups is 2. The molecule has 0 aromatic rings. The van der Waals surface area contributed by atoms with Gasteiger partial charge < -0.3 is 65.8 Å². The molecule has 512 valence electrons. The van der Waals surface area contributed by atoms with Gasteiger partial charge in [0.2, 0.25) is 65.0 Å². The fraction of sp³-hybridized carbons (Fsp3) is 0.831. The highest BCUT2D eigenvalue weighted by Gasteiger charge is 2.45. The zero-order valence-corrected chi connectivity index (χ0v) is 58.6. The second-order valence-corrected chi connectivity index (χ2v) is 27.6. The Morgan fingerprint density at radius 2 is 0.899 bits per heavy atom. The Morgan fingerprint density at radius 1 is 0.438 bits per heavy atom. The number of nitrogens with zero attached hydrogens (tertiary/aromatic N) is 7. The zero-order chi connectivity index (χ0) is 68.8. The van der Waals surface area contributed by atoms with E-state index in [1.54, 1.807) is 41.5 Å². The van der Waals surface area contributed by atoms with Crippen LogP contribution in [-0.4, -0.2) is 238 Å². The number of amides is 11. The fourth-order valence-electron chi connectivity index (χ4n) is 11.4. The average molecular weight is 1260 g/mol. The summed E-state index contributed by atoms with van der Waals surface area (Å²) in [6, 6.07) is -12.4. The van der Waals surface area contributed by atoms with Crippen LogP contribution in [0.15, 0.2) is 0 Å². The van der Waals surface area contributed by atoms with E-state index in [4.69, 9.17) is 0 Å². The van der Waals surface area contributed by atoms with Crippen molar-refractivity contribution in [3.8, 4) is 0 Å². The molecule has 1 aliphatic heterocycles. The van der Waals surface area contributed by atoms with Crippen molar-refractivity contribution in [2.24, 2.45) is 41.4 Å². The van der Waals surface area contributed by atoms with Crippen molar-refractivity contribution >= 4 is 65.0 Å². The molecular weight excluding hydrogens is 1140 g/mol. The van der Waals surface area contributed by atoms with Crippen LogP contribution < -0.4 is 21.3 Å². The molecule has 12 atom stereocenters. The molecule has 0 bridgehead atoms. The van der Waals surface area contributed by atoms with E-state index in [0.717, 1.165) is 22.6 Å². The number of hydrogen-bond acceptors (Lipinski definition) is 13. The minimum atomic E-state index is -1.62. The topological polar surface area (TPSA) is 299 Å². The van der Waals surface area contributed by atoms with Gasteiger partial charge in [0.1, 0.15) is 60.4 Å². The number of nitrogens with one attached hydrogen (secondary N) is 4. The number of carbonyl (C=O) groups is 11. The molecule has 89 heavy (non-hydrogen) atoms. The van der Waals surface area contributed by atoms with Crippen LogP contribution in [0.4, 0.5) is 0 Å². The maximum absolute atomic E-state index is 15.3. The quantitative estimate of drug-likeness (QED) is 0.0951. The monoisotopic (exact) mass is 1260 g/mol. The lowest BCUT2D eigenvalue weighted by Crippen LogP contribution is -2.63. The van der Waals surface area contributed by atoms with E-state index in [9.17, 15) is 48.6 Å². The van der Waals surface area contributed by atoms with Gasteiger partial charge in [0.15, 0.2) is 0 Å². The molecule has 0 aromatic heterocycles. The van der Waals surface area contributed by atoms with Crippen LogP contribution in [0.1, 0.15) is 181 Å². The number of likely N-dealkylation sites (N-methyl/N-ethyl adjacent to an activating group) is 7. The van der Waals surface area contributed by atoms with Crippen molar-refractivity contribution in [1.29, 1.82) is 0 Å². The highest BCUT2D eigenvalue weighted by Crippen LogP contribution is 2.26. The van der Waals surface area contributed by atoms with Gasteiger partial charge >= 0.3 is 0 Å². The number of rotatable bonds is 20. The molecule has 1 saturated heterocycles. The van der Waals surface area contributed by atoms with Crippen LogP contribution >= 0.6 is 0 Å². The van der Waals surface area contributed by atoms with Gasteiger partial charge in [-0.15, -0.1) is 0 Å². The lowest BCUT2D eigenvalue weighted by atomic mass is 9.90. The van der Waals surface area contributed by atoms with E-state index >= 15 is 14.4 Å². The van der Waals surface area contributed by atoms with Gasteiger partial charge in [-0.1, -0.05) is 116 Å². The summed E-state index contributed by atoms with van der Waals surface area (Å²) < 4.78 is 0. The molecule has 1 fully saturated rings. The Bertz CT molecular complexity index is 2350. The summed E-state index contributed by atoms with van der Waals surface area (Å²) in [6.07, 6.45) is 2.74. The standard InChI is InChI=1S/C65H119N11O13/c1-24-46-61(85)70(17)36-51(78)71(18)48(33-38(4)5)58(82)69-52(41(10)11)64(88)73(20)49(34-39(6)7)57(81)66-44(15)56(80)67-45(16)60(84)74(21)50(35-40(8)9)63(87)72(19)47(31-30-37(2)3)62(86)75(22)53(42(12)13)65(89)76(23)54(59(83)68-46)55(79)43(14)29-27-25-26-28-32-77/h37-50,52-55,77,79H,24-36H2,1-23H3,(H,66,81)(H,67,80)(H,68,83)(H,69,82)/t43-,44-,45+,46-,47-,48+,49-,50+,52-,53-,54+,55-/m1/s1. The van der Waals surface area contributed by atoms with Crippen molar-refractivity contribution in [1.82, 2.24) is 55.6 Å². The Morgan fingerprint density at radius 3 is 1.39 bits per heavy atom. The zero-order valence-electron chi connectivity index (χ0n) is 58.6. The highest BCUT2D eigenvalue weighted by molar-refractivity contribution is 5.99. The Balaban J connectivity index is 4.35. The van der Waals surface area contributed by atoms with Crippen LogP contribution in [0.3, 0.4) is 0 Å². The van der Waals surface area contributed by atoms with Crippen LogP contribution in [0.2, 0.25) is 0 Å². The molecule has 24 heteroatoms. The fourth-order valence-corrected chi connectivity index (χ4v) is 11.4. The maximum atomic E-state index is 15.3. The Kier molecular flexibility index (Phi) is 34.7. The third kappa shape index (κ3) is 24.0. The van der Waals surface area contributed by atoms with E-state index in [2.05, 4.69) is 21.3 Å². The van der Waals surface area contributed by atoms with Crippen LogP contribution in [0.25, 0.3) is 0 Å². The number of hydrogen-bond donors (Lipinski definition) is 6. The minimum Gasteiger partial charge on any atom is -0.396 e. The summed E-state index contributed by atoms with van der Waals surface area (Å²) >= 11 is 0. The molecule has 24 nitrogen and oxygen atoms in total. The molecule has 0 saturated carbocycles. The van der Waals surface area contributed by atoms with Crippen molar-refractivity contribution in [3.63, 3.8) is 0 Å². The average Bonchev–Trinajstić information content (AvgIpc) is 1.02. The minimum absolute atomic E-state index is 0.0157. The normalized spacial score (nSPS) is 26.1. The van der Waals surface area contributed by atoms with Gasteiger partial charge in [0, 0.05) is 55.9 Å². The van der Waals surface area contributed by atoms with E-state index in [1.165, 1.54) is 87.7 Å². The second kappa shape index (κ2) is 38.1. The molecule has 0 spiro atoms. The molecular formula is C65H119N11O13. The molecule has 6 N–H and O–H groups in total. The van der Waals surface area contributed by atoms with E-state index in [0.29, 0.717) is 25.7 Å². The predicted octanol–water partition coefficient (Wildman–Crippen LogP) is 3.64. The Labute approximate surface area is 533 Å². The van der Waals surface area contributed by atoms with Crippen LogP contribution in [0, 0.1) is 41.4 Å². The first kappa shape index (κ1) is 81.1. The summed E-state index contributed by atoms with van der Waals surface area (Å²) in [5.41, 5.74) is 0. The van der Waals surface area contributed by atoms with Gasteiger partial charge in [-0.2, -0.15) is 0 Å². The van der Waals surface area contributed by atoms with Gasteiger partial charge in [-0.05, 0) is 107 Å². The largest absolute Gasteiger partial charge is 0.396 e. The van der Waals surface area contributed by atoms with Gasteiger partial charge in [0.25, 0.3) is 0 Å². The van der Waals surface area contributed by atoms with Crippen molar-refractivity contribution in [3.05, 3.63) is 0 Å². The molecule has 1 rings (SSSR count). The second-order valence-electron chi connectivity index (χ2n) is 27.6. The summed E-state index contributed by atoms with van der Waals surface area (Å²) in [5.74, 6) is -9.49. The van der Waals surface area contributed by atoms with Crippen molar-refractivity contribution < 1.29 is 63.0 Å². The molecule has 0 aliphatic carbocycles. The van der Waals surface area contributed by atoms with Gasteiger partial charge in [-0.3, -0.25) is 52.7 Å². The number of aliphatic hydroxyl groups excluding tert-OH is 2. The van der Waals surface area contributed by atoms with Crippen LogP contribution in [0.5, 0.6) is 0 Å². The molecule has 11 amide bonds. The maximum Gasteiger partial charge on any atom is 0.246 e. The Hall–Kier alpha value is -5.91. The van der Waals surface area contributed by atoms with Crippen LogP contribution in [-0.2, 0) is 52.7 Å². The lowest BCUT2D eigenvalue weighted by molar-refractivity contribution is -0.157. The first-order valence-electron chi connectivity index (χ1n) is 32.6. The first-order valence-corrected chi connectivity index (χ1v) is 32.6. The van der Waals surface area contributed by atoms with Gasteiger partial charge in [0.05, 0.1) is 12.6 Å². The lowest BCUT2D eigenvalue weighted by Gasteiger charge is -2.41. The SMILES string of the molecule is CC[C@H]1NC(=O)[C@H]([C@H](O)[C@H](C)CCCCCCO)N(C)C(=O)[C@@H](C(C)C)N(C)C(=O)[C@@H](CCC(C)C)N(C)C(=O)[C@H](CC(C)C)N(C)C(=O)[C@H](C)NC(=O)[C@@H](C)NC(=O)[C@@H](CC(C)C)N(C)C(=O)[C@@H](C(C)C)NC(=O)[C@H](CC(C)C)N(C)C(=O)CN(C)C1=O. The van der Waals surface area contributed by atoms with E-state index < -0.39 is 156 Å². The molecule has 0 radical (unpaired) electrons. The molecule has 1 heterocycles. The predicted molar refractivity (Wildman–Crippen MR) is 344 cm³/mol.